The van der Waals surface area contributed by atoms with Gasteiger partial charge in [-0.25, -0.2) is 4.98 Å². The van der Waals surface area contributed by atoms with E-state index in [0.29, 0.717) is 6.04 Å². The van der Waals surface area contributed by atoms with Gasteiger partial charge in [0.15, 0.2) is 0 Å². The third-order valence-electron chi connectivity index (χ3n) is 4.64. The Labute approximate surface area is 127 Å². The summed E-state index contributed by atoms with van der Waals surface area (Å²) in [7, 11) is 2.17. The van der Waals surface area contributed by atoms with E-state index in [-0.39, 0.29) is 0 Å². The highest BCUT2D eigenvalue weighted by Gasteiger charge is 2.17. The van der Waals surface area contributed by atoms with Crippen LogP contribution in [-0.2, 0) is 0 Å². The van der Waals surface area contributed by atoms with Gasteiger partial charge in [0.05, 0.1) is 0 Å². The predicted octanol–water partition coefficient (Wildman–Crippen LogP) is 2.36. The summed E-state index contributed by atoms with van der Waals surface area (Å²) in [6.07, 6.45) is 9.88. The van der Waals surface area contributed by atoms with Gasteiger partial charge in [-0.05, 0) is 26.0 Å². The van der Waals surface area contributed by atoms with E-state index in [0.717, 1.165) is 37.9 Å². The second kappa shape index (κ2) is 7.07. The number of nitrogens with zero attached hydrogens (tertiary/aromatic N) is 4. The molecule has 21 heavy (non-hydrogen) atoms. The van der Waals surface area contributed by atoms with Crippen LogP contribution < -0.4 is 10.2 Å². The molecule has 1 aromatic rings. The van der Waals surface area contributed by atoms with Crippen LogP contribution in [0.1, 0.15) is 38.5 Å². The molecule has 1 aliphatic carbocycles. The molecule has 0 spiro atoms. The van der Waals surface area contributed by atoms with Crippen LogP contribution >= 0.6 is 0 Å². The van der Waals surface area contributed by atoms with Crippen molar-refractivity contribution in [3.63, 3.8) is 0 Å². The van der Waals surface area contributed by atoms with Crippen molar-refractivity contribution in [2.75, 3.05) is 43.4 Å². The van der Waals surface area contributed by atoms with E-state index in [4.69, 9.17) is 4.98 Å². The Kier molecular flexibility index (Phi) is 4.91. The van der Waals surface area contributed by atoms with Gasteiger partial charge >= 0.3 is 0 Å². The molecule has 2 heterocycles. The van der Waals surface area contributed by atoms with Crippen LogP contribution in [0.15, 0.2) is 12.3 Å². The molecule has 1 saturated heterocycles. The molecule has 0 amide bonds. The molecular weight excluding hydrogens is 262 g/mol. The molecule has 5 heteroatoms. The number of anilines is 2. The first kappa shape index (κ1) is 14.6. The SMILES string of the molecule is CN1CCN(c2nccc(NC3CCCCCC3)n2)CC1. The highest BCUT2D eigenvalue weighted by Crippen LogP contribution is 2.21. The number of rotatable bonds is 3. The van der Waals surface area contributed by atoms with Crippen LogP contribution in [0, 0.1) is 0 Å². The fourth-order valence-corrected chi connectivity index (χ4v) is 3.22. The molecule has 0 bridgehead atoms. The van der Waals surface area contributed by atoms with Gasteiger partial charge in [-0.3, -0.25) is 0 Å². The van der Waals surface area contributed by atoms with E-state index in [1.807, 2.05) is 12.3 Å². The van der Waals surface area contributed by atoms with Gasteiger partial charge in [0, 0.05) is 38.4 Å². The highest BCUT2D eigenvalue weighted by molar-refractivity contribution is 5.42. The molecule has 1 N–H and O–H groups in total. The molecule has 1 aromatic heterocycles. The van der Waals surface area contributed by atoms with Gasteiger partial charge in [-0.1, -0.05) is 25.7 Å². The number of likely N-dealkylation sites (N-methyl/N-ethyl adjacent to an activating group) is 1. The lowest BCUT2D eigenvalue weighted by molar-refractivity contribution is 0.311. The van der Waals surface area contributed by atoms with Crippen molar-refractivity contribution in [1.29, 1.82) is 0 Å². The van der Waals surface area contributed by atoms with E-state index < -0.39 is 0 Å². The number of hydrogen-bond acceptors (Lipinski definition) is 5. The molecule has 1 aliphatic heterocycles. The minimum absolute atomic E-state index is 0.586. The number of nitrogens with one attached hydrogen (secondary N) is 1. The van der Waals surface area contributed by atoms with Crippen molar-refractivity contribution in [3.8, 4) is 0 Å². The van der Waals surface area contributed by atoms with Gasteiger partial charge in [-0.2, -0.15) is 4.98 Å². The first-order valence-corrected chi connectivity index (χ1v) is 8.34. The van der Waals surface area contributed by atoms with Crippen LogP contribution in [0.2, 0.25) is 0 Å². The molecule has 0 aromatic carbocycles. The average molecular weight is 289 g/mol. The summed E-state index contributed by atoms with van der Waals surface area (Å²) in [5.41, 5.74) is 0. The molecular formula is C16H27N5. The molecule has 2 aliphatic rings. The van der Waals surface area contributed by atoms with Crippen LogP contribution in [0.3, 0.4) is 0 Å². The van der Waals surface area contributed by atoms with Crippen LogP contribution in [0.4, 0.5) is 11.8 Å². The number of piperazine rings is 1. The second-order valence-electron chi connectivity index (χ2n) is 6.37. The van der Waals surface area contributed by atoms with E-state index >= 15 is 0 Å². The molecule has 0 atom stereocenters. The average Bonchev–Trinajstić information content (AvgIpc) is 2.77. The molecule has 0 radical (unpaired) electrons. The minimum Gasteiger partial charge on any atom is -0.367 e. The maximum Gasteiger partial charge on any atom is 0.227 e. The fourth-order valence-electron chi connectivity index (χ4n) is 3.22. The zero-order chi connectivity index (χ0) is 14.5. The number of aromatic nitrogens is 2. The maximum absolute atomic E-state index is 4.73. The summed E-state index contributed by atoms with van der Waals surface area (Å²) in [5, 5.41) is 3.62. The Hall–Kier alpha value is -1.36. The van der Waals surface area contributed by atoms with Crippen molar-refractivity contribution in [3.05, 3.63) is 12.3 Å². The quantitative estimate of drug-likeness (QED) is 0.866. The van der Waals surface area contributed by atoms with Gasteiger partial charge in [0.2, 0.25) is 5.95 Å². The molecule has 1 saturated carbocycles. The largest absolute Gasteiger partial charge is 0.367 e. The molecule has 5 nitrogen and oxygen atoms in total. The van der Waals surface area contributed by atoms with Crippen molar-refractivity contribution < 1.29 is 0 Å². The van der Waals surface area contributed by atoms with E-state index in [1.54, 1.807) is 0 Å². The van der Waals surface area contributed by atoms with Crippen molar-refractivity contribution in [1.82, 2.24) is 14.9 Å². The highest BCUT2D eigenvalue weighted by atomic mass is 15.3. The minimum atomic E-state index is 0.586. The Morgan fingerprint density at radius 2 is 1.76 bits per heavy atom. The topological polar surface area (TPSA) is 44.3 Å². The summed E-state index contributed by atoms with van der Waals surface area (Å²) >= 11 is 0. The Morgan fingerprint density at radius 3 is 2.48 bits per heavy atom. The fraction of sp³-hybridized carbons (Fsp3) is 0.750. The van der Waals surface area contributed by atoms with Gasteiger partial charge in [-0.15, -0.1) is 0 Å². The third kappa shape index (κ3) is 4.06. The van der Waals surface area contributed by atoms with E-state index in [9.17, 15) is 0 Å². The first-order valence-electron chi connectivity index (χ1n) is 8.34. The predicted molar refractivity (Wildman–Crippen MR) is 86.9 cm³/mol. The zero-order valence-electron chi connectivity index (χ0n) is 13.1. The zero-order valence-corrected chi connectivity index (χ0v) is 13.1. The third-order valence-corrected chi connectivity index (χ3v) is 4.64. The van der Waals surface area contributed by atoms with Crippen molar-refractivity contribution >= 4 is 11.8 Å². The Morgan fingerprint density at radius 1 is 1.05 bits per heavy atom. The lowest BCUT2D eigenvalue weighted by Gasteiger charge is -2.32. The summed E-state index contributed by atoms with van der Waals surface area (Å²) in [5.74, 6) is 1.87. The maximum atomic E-state index is 4.73. The summed E-state index contributed by atoms with van der Waals surface area (Å²) in [4.78, 5) is 13.8. The smallest absolute Gasteiger partial charge is 0.227 e. The van der Waals surface area contributed by atoms with E-state index in [1.165, 1.54) is 38.5 Å². The summed E-state index contributed by atoms with van der Waals surface area (Å²) in [6, 6.07) is 2.59. The lowest BCUT2D eigenvalue weighted by Crippen LogP contribution is -2.45. The van der Waals surface area contributed by atoms with Gasteiger partial charge in [0.1, 0.15) is 5.82 Å². The van der Waals surface area contributed by atoms with Gasteiger partial charge in [0.25, 0.3) is 0 Å². The number of hydrogen-bond donors (Lipinski definition) is 1. The Bertz CT molecular complexity index is 434. The Balaban J connectivity index is 1.62. The molecule has 116 valence electrons. The van der Waals surface area contributed by atoms with Gasteiger partial charge < -0.3 is 15.1 Å². The molecule has 0 unspecified atom stereocenters. The van der Waals surface area contributed by atoms with Crippen LogP contribution in [0.25, 0.3) is 0 Å². The van der Waals surface area contributed by atoms with Crippen LogP contribution in [0.5, 0.6) is 0 Å². The molecule has 2 fully saturated rings. The van der Waals surface area contributed by atoms with E-state index in [2.05, 4.69) is 27.1 Å². The standard InChI is InChI=1S/C16H27N5/c1-20-10-12-21(13-11-20)16-17-9-8-15(19-16)18-14-6-4-2-3-5-7-14/h8-9,14H,2-7,10-13H2,1H3,(H,17,18,19). The summed E-state index contributed by atoms with van der Waals surface area (Å²) < 4.78 is 0. The monoisotopic (exact) mass is 289 g/mol. The first-order chi connectivity index (χ1) is 10.3. The lowest BCUT2D eigenvalue weighted by atomic mass is 10.1. The van der Waals surface area contributed by atoms with Crippen LogP contribution in [-0.4, -0.2) is 54.1 Å². The molecule has 3 rings (SSSR count). The second-order valence-corrected chi connectivity index (χ2v) is 6.37. The van der Waals surface area contributed by atoms with Crippen molar-refractivity contribution in [2.45, 2.75) is 44.6 Å². The normalized spacial score (nSPS) is 22.0. The summed E-state index contributed by atoms with van der Waals surface area (Å²) in [6.45, 7) is 4.21. The van der Waals surface area contributed by atoms with Crippen molar-refractivity contribution in [2.24, 2.45) is 0 Å².